The first-order valence-corrected chi connectivity index (χ1v) is 17.6. The molecule has 2 aromatic carbocycles. The molecule has 6 rings (SSSR count). The van der Waals surface area contributed by atoms with E-state index in [1.807, 2.05) is 60.7 Å². The fraction of sp³-hybridized carbons (Fsp3) is 0.225. The molecule has 0 aliphatic heterocycles. The molecule has 4 heterocycles. The number of rotatable bonds is 6. The Morgan fingerprint density at radius 3 is 1.41 bits per heavy atom. The van der Waals surface area contributed by atoms with E-state index in [-0.39, 0.29) is 5.41 Å². The summed E-state index contributed by atoms with van der Waals surface area (Å²) in [7, 11) is 0. The molecule has 0 unspecified atom stereocenters. The third-order valence-electron chi connectivity index (χ3n) is 6.85. The number of hydrogen-bond acceptors (Lipinski definition) is 3. The zero-order chi connectivity index (χ0) is 33.0. The van der Waals surface area contributed by atoms with Crippen LogP contribution in [0.2, 0.25) is 0 Å². The molecule has 0 aliphatic carbocycles. The Morgan fingerprint density at radius 1 is 0.587 bits per heavy atom. The number of pyridine rings is 2. The summed E-state index contributed by atoms with van der Waals surface area (Å²) in [5, 5.41) is 0. The largest absolute Gasteiger partial charge is 0.670 e. The predicted molar refractivity (Wildman–Crippen MR) is 189 cm³/mol. The van der Waals surface area contributed by atoms with E-state index >= 15 is 0 Å². The zero-order valence-electron chi connectivity index (χ0n) is 27.7. The Balaban J connectivity index is 0.000000212. The molecule has 0 atom stereocenters. The van der Waals surface area contributed by atoms with Crippen LogP contribution in [0.4, 0.5) is 5.69 Å². The van der Waals surface area contributed by atoms with Crippen LogP contribution in [0.5, 0.6) is 0 Å². The minimum absolute atomic E-state index is 0.0811. The Bertz CT molecular complexity index is 1550. The van der Waals surface area contributed by atoms with Crippen molar-refractivity contribution in [3.05, 3.63) is 163 Å². The molecule has 236 valence electrons. The van der Waals surface area contributed by atoms with Gasteiger partial charge in [-0.25, -0.2) is 0 Å². The van der Waals surface area contributed by atoms with Crippen molar-refractivity contribution < 1.29 is 17.9 Å². The maximum atomic E-state index is 5.13. The van der Waals surface area contributed by atoms with Gasteiger partial charge < -0.3 is 9.97 Å². The predicted octanol–water partition coefficient (Wildman–Crippen LogP) is 10.0. The van der Waals surface area contributed by atoms with E-state index in [1.165, 1.54) is 22.4 Å². The molecule has 0 N–H and O–H groups in total. The van der Waals surface area contributed by atoms with Gasteiger partial charge in [0.1, 0.15) is 0 Å². The third-order valence-corrected chi connectivity index (χ3v) is 9.27. The van der Waals surface area contributed by atoms with Crippen LogP contribution in [0.3, 0.4) is 0 Å². The number of hydrogen-bond donors (Lipinski definition) is 0. The van der Waals surface area contributed by atoms with Crippen LogP contribution in [-0.2, 0) is 23.3 Å². The average Bonchev–Trinajstić information content (AvgIpc) is 3.87. The number of aromatic nitrogens is 4. The molecule has 0 bridgehead atoms. The smallest absolute Gasteiger partial charge is 0.0886 e. The molecule has 0 aliphatic rings. The van der Waals surface area contributed by atoms with Gasteiger partial charge in [-0.15, -0.1) is 0 Å². The van der Waals surface area contributed by atoms with Crippen molar-refractivity contribution in [1.82, 2.24) is 19.9 Å². The molecule has 0 amide bonds. The molecular formula is C40H45MoN5. The van der Waals surface area contributed by atoms with Crippen molar-refractivity contribution >= 4 is 10.1 Å². The topological polar surface area (TPSA) is 66.3 Å². The van der Waals surface area contributed by atoms with E-state index in [9.17, 15) is 0 Å². The van der Waals surface area contributed by atoms with Crippen molar-refractivity contribution in [3.63, 3.8) is 0 Å². The monoisotopic (exact) mass is 693 g/mol. The van der Waals surface area contributed by atoms with Crippen LogP contribution in [0.15, 0.2) is 150 Å². The van der Waals surface area contributed by atoms with Gasteiger partial charge in [0.2, 0.25) is 0 Å². The quantitative estimate of drug-likeness (QED) is 0.163. The minimum atomic E-state index is -0.553. The van der Waals surface area contributed by atoms with Crippen LogP contribution < -0.4 is 9.97 Å². The first-order chi connectivity index (χ1) is 22.3. The van der Waals surface area contributed by atoms with Crippen molar-refractivity contribution in [2.45, 2.75) is 58.8 Å². The summed E-state index contributed by atoms with van der Waals surface area (Å²) < 4.78 is 7.59. The minimum Gasteiger partial charge on any atom is -0.670 e. The van der Waals surface area contributed by atoms with E-state index in [0.717, 1.165) is 11.4 Å². The Hall–Kier alpha value is -4.34. The molecule has 5 nitrogen and oxygen atoms in total. The maximum absolute atomic E-state index is 5.13. The standard InChI is InChI=1S/C12H17N.C10H8N2.C10H12.2C4H4N.Mo/c1-8(2)10-6-5-7-11(9(3)4)12(10)13;1-3-7-11-9(5-1)10-6-2-4-8-12-10;1-10(2,3)9-7-5-4-6-8-9;2*1-2-4-5-3-1;/h5-9H,1-4H3;1-8H;1,4-8H,2-3H3;2*1-4H;/q;;;2*-1;+2. The normalized spacial score (nSPS) is 10.3. The molecular weight excluding hydrogens is 646 g/mol. The first-order valence-electron chi connectivity index (χ1n) is 15.5. The summed E-state index contributed by atoms with van der Waals surface area (Å²) in [6.45, 7) is 13.6. The zero-order valence-corrected chi connectivity index (χ0v) is 29.7. The van der Waals surface area contributed by atoms with Gasteiger partial charge in [-0.1, -0.05) is 36.4 Å². The summed E-state index contributed by atoms with van der Waals surface area (Å²) in [4.78, 5) is 15.8. The van der Waals surface area contributed by atoms with Crippen molar-refractivity contribution in [2.24, 2.45) is 3.50 Å². The molecule has 0 radical (unpaired) electrons. The second kappa shape index (κ2) is 19.9. The van der Waals surface area contributed by atoms with E-state index in [4.69, 9.17) is 3.50 Å². The number of nitrogens with zero attached hydrogens (tertiary/aromatic N) is 5. The number of benzene rings is 2. The van der Waals surface area contributed by atoms with Gasteiger partial charge >= 0.3 is 156 Å². The summed E-state index contributed by atoms with van der Waals surface area (Å²) in [5.41, 5.74) is 7.31. The molecule has 0 spiro atoms. The van der Waals surface area contributed by atoms with Gasteiger partial charge in [-0.3, -0.25) is 9.97 Å². The van der Waals surface area contributed by atoms with Gasteiger partial charge in [-0.05, 0) is 24.3 Å². The molecule has 0 saturated heterocycles. The fourth-order valence-electron chi connectivity index (χ4n) is 4.29. The molecule has 0 saturated carbocycles. The SMILES string of the molecule is CC(C)c1cccc(C(C)C)c1[N]=[Mo+2]=[CH]C(C)(C)c1ccccc1.c1cc[n-]c1.c1cc[n-]c1.c1ccc(-c2ccccn2)nc1. The van der Waals surface area contributed by atoms with Crippen LogP contribution in [0.25, 0.3) is 11.4 Å². The third kappa shape index (κ3) is 12.6. The molecule has 46 heavy (non-hydrogen) atoms. The van der Waals surface area contributed by atoms with Crippen LogP contribution in [-0.4, -0.2) is 14.4 Å². The van der Waals surface area contributed by atoms with Crippen molar-refractivity contribution in [2.75, 3.05) is 0 Å². The van der Waals surface area contributed by atoms with Crippen molar-refractivity contribution in [3.8, 4) is 11.4 Å². The fourth-order valence-corrected chi connectivity index (χ4v) is 6.18. The van der Waals surface area contributed by atoms with Gasteiger partial charge in [-0.2, -0.15) is 24.8 Å². The summed E-state index contributed by atoms with van der Waals surface area (Å²) in [6.07, 6.45) is 10.5. The molecule has 6 heteroatoms. The van der Waals surface area contributed by atoms with E-state index < -0.39 is 17.9 Å². The Morgan fingerprint density at radius 2 is 1.04 bits per heavy atom. The second-order valence-corrected chi connectivity index (χ2v) is 13.1. The van der Waals surface area contributed by atoms with Gasteiger partial charge in [0.25, 0.3) is 0 Å². The van der Waals surface area contributed by atoms with Gasteiger partial charge in [0.05, 0.1) is 11.4 Å². The van der Waals surface area contributed by atoms with Crippen molar-refractivity contribution in [1.29, 1.82) is 0 Å². The van der Waals surface area contributed by atoms with E-state index in [1.54, 1.807) is 37.2 Å². The van der Waals surface area contributed by atoms with E-state index in [0.29, 0.717) is 11.8 Å². The molecule has 0 fully saturated rings. The molecule has 6 aromatic rings. The Labute approximate surface area is 283 Å². The van der Waals surface area contributed by atoms with Crippen LogP contribution in [0, 0.1) is 0 Å². The van der Waals surface area contributed by atoms with Gasteiger partial charge in [0, 0.05) is 12.4 Å². The molecule has 4 aromatic heterocycles. The second-order valence-electron chi connectivity index (χ2n) is 11.6. The Kier molecular flexibility index (Phi) is 15.6. The summed E-state index contributed by atoms with van der Waals surface area (Å²) in [5.74, 6) is 1.02. The van der Waals surface area contributed by atoms with Crippen LogP contribution in [0.1, 0.15) is 70.1 Å². The maximum Gasteiger partial charge on any atom is 0.0886 e. The van der Waals surface area contributed by atoms with Crippen LogP contribution >= 0.6 is 0 Å². The van der Waals surface area contributed by atoms with Gasteiger partial charge in [0.15, 0.2) is 0 Å². The average molecular weight is 692 g/mol. The first kappa shape index (κ1) is 36.1. The summed E-state index contributed by atoms with van der Waals surface area (Å²) in [6, 6.07) is 36.6. The van der Waals surface area contributed by atoms with E-state index in [2.05, 4.69) is 114 Å². The summed E-state index contributed by atoms with van der Waals surface area (Å²) >= 11 is -0.553.